The molecule has 0 aliphatic heterocycles. The highest BCUT2D eigenvalue weighted by atomic mass is 32.2. The van der Waals surface area contributed by atoms with Gasteiger partial charge in [0.05, 0.1) is 17.0 Å². The number of carbonyl (C=O) groups is 1. The van der Waals surface area contributed by atoms with E-state index in [1.807, 2.05) is 6.92 Å². The first kappa shape index (κ1) is 17.3. The lowest BCUT2D eigenvalue weighted by molar-refractivity contribution is -0.137. The summed E-state index contributed by atoms with van der Waals surface area (Å²) < 4.78 is 40.3. The lowest BCUT2D eigenvalue weighted by Crippen LogP contribution is -2.18. The molecular formula is C14H15F3N4OS. The number of carbonyl (C=O) groups excluding carboxylic acids is 1. The molecule has 0 unspecified atom stereocenters. The number of thioether (sulfide) groups is 1. The van der Waals surface area contributed by atoms with E-state index in [-0.39, 0.29) is 11.4 Å². The van der Waals surface area contributed by atoms with Crippen LogP contribution in [0.15, 0.2) is 29.4 Å². The minimum absolute atomic E-state index is 0.0537. The number of halogens is 3. The third-order valence-electron chi connectivity index (χ3n) is 3.08. The van der Waals surface area contributed by atoms with Gasteiger partial charge in [-0.15, -0.1) is 10.2 Å². The van der Waals surface area contributed by atoms with E-state index in [4.69, 9.17) is 0 Å². The van der Waals surface area contributed by atoms with E-state index in [1.54, 1.807) is 11.6 Å². The first-order valence-corrected chi connectivity index (χ1v) is 7.78. The Bertz CT molecular complexity index is 700. The molecule has 0 fully saturated rings. The van der Waals surface area contributed by atoms with Crippen LogP contribution >= 0.6 is 11.8 Å². The van der Waals surface area contributed by atoms with Crippen LogP contribution in [0.25, 0.3) is 0 Å². The number of anilines is 1. The molecule has 1 heterocycles. The zero-order valence-corrected chi connectivity index (χ0v) is 13.3. The van der Waals surface area contributed by atoms with Crippen LogP contribution in [0.4, 0.5) is 18.9 Å². The first-order chi connectivity index (χ1) is 10.8. The van der Waals surface area contributed by atoms with Crippen molar-refractivity contribution in [2.75, 3.05) is 11.1 Å². The molecule has 2 aromatic rings. The molecular weight excluding hydrogens is 329 g/mol. The number of nitrogens with zero attached hydrogens (tertiary/aromatic N) is 3. The van der Waals surface area contributed by atoms with Crippen LogP contribution in [0.2, 0.25) is 0 Å². The van der Waals surface area contributed by atoms with Gasteiger partial charge in [0.1, 0.15) is 5.82 Å². The van der Waals surface area contributed by atoms with Gasteiger partial charge in [0.25, 0.3) is 0 Å². The molecule has 2 rings (SSSR count). The van der Waals surface area contributed by atoms with Crippen molar-refractivity contribution >= 4 is 23.4 Å². The number of amides is 1. The second-order valence-electron chi connectivity index (χ2n) is 4.69. The second kappa shape index (κ2) is 7.03. The van der Waals surface area contributed by atoms with Crippen molar-refractivity contribution in [3.05, 3.63) is 35.7 Å². The summed E-state index contributed by atoms with van der Waals surface area (Å²) in [6.07, 6.45) is -3.81. The molecule has 5 nitrogen and oxygen atoms in total. The van der Waals surface area contributed by atoms with Gasteiger partial charge in [0, 0.05) is 13.5 Å². The number of alkyl halides is 3. The van der Waals surface area contributed by atoms with Crippen molar-refractivity contribution < 1.29 is 18.0 Å². The number of para-hydroxylation sites is 1. The predicted octanol–water partition coefficient (Wildman–Crippen LogP) is 3.13. The van der Waals surface area contributed by atoms with Crippen molar-refractivity contribution in [2.24, 2.45) is 7.05 Å². The van der Waals surface area contributed by atoms with Crippen molar-refractivity contribution in [3.63, 3.8) is 0 Å². The molecule has 1 aromatic carbocycles. The SMILES string of the molecule is CCc1nnc(SCC(=O)Nc2ccccc2C(F)(F)F)n1C. The lowest BCUT2D eigenvalue weighted by Gasteiger charge is -2.13. The van der Waals surface area contributed by atoms with Gasteiger partial charge in [0.15, 0.2) is 5.16 Å². The van der Waals surface area contributed by atoms with Gasteiger partial charge in [-0.1, -0.05) is 30.8 Å². The van der Waals surface area contributed by atoms with Gasteiger partial charge in [-0.2, -0.15) is 13.2 Å². The molecule has 0 bridgehead atoms. The Hall–Kier alpha value is -2.03. The van der Waals surface area contributed by atoms with Crippen LogP contribution in [-0.4, -0.2) is 26.4 Å². The fourth-order valence-electron chi connectivity index (χ4n) is 1.93. The maximum atomic E-state index is 12.9. The number of hydrogen-bond acceptors (Lipinski definition) is 4. The highest BCUT2D eigenvalue weighted by Gasteiger charge is 2.33. The van der Waals surface area contributed by atoms with Crippen LogP contribution in [-0.2, 0) is 24.4 Å². The number of benzene rings is 1. The summed E-state index contributed by atoms with van der Waals surface area (Å²) in [5, 5.41) is 10.7. The molecule has 1 aromatic heterocycles. The van der Waals surface area contributed by atoms with Gasteiger partial charge >= 0.3 is 6.18 Å². The normalized spacial score (nSPS) is 11.5. The summed E-state index contributed by atoms with van der Waals surface area (Å²) in [7, 11) is 1.78. The van der Waals surface area contributed by atoms with Crippen LogP contribution < -0.4 is 5.32 Å². The highest BCUT2D eigenvalue weighted by Crippen LogP contribution is 2.34. The summed E-state index contributed by atoms with van der Waals surface area (Å²) >= 11 is 1.12. The molecule has 124 valence electrons. The molecule has 0 saturated carbocycles. The third-order valence-corrected chi connectivity index (χ3v) is 4.10. The summed E-state index contributed by atoms with van der Waals surface area (Å²) in [6, 6.07) is 4.87. The van der Waals surface area contributed by atoms with E-state index in [2.05, 4.69) is 15.5 Å². The predicted molar refractivity (Wildman–Crippen MR) is 81.2 cm³/mol. The topological polar surface area (TPSA) is 59.8 Å². The molecule has 1 amide bonds. The van der Waals surface area contributed by atoms with Crippen molar-refractivity contribution in [1.29, 1.82) is 0 Å². The van der Waals surface area contributed by atoms with Gasteiger partial charge in [-0.3, -0.25) is 4.79 Å². The van der Waals surface area contributed by atoms with E-state index < -0.39 is 17.6 Å². The fraction of sp³-hybridized carbons (Fsp3) is 0.357. The average molecular weight is 344 g/mol. The third kappa shape index (κ3) is 4.25. The summed E-state index contributed by atoms with van der Waals surface area (Å²) in [5.41, 5.74) is -1.12. The Morgan fingerprint density at radius 1 is 1.30 bits per heavy atom. The molecule has 0 radical (unpaired) electrons. The van der Waals surface area contributed by atoms with Crippen LogP contribution in [0.3, 0.4) is 0 Å². The molecule has 23 heavy (non-hydrogen) atoms. The molecule has 0 saturated heterocycles. The number of rotatable bonds is 5. The highest BCUT2D eigenvalue weighted by molar-refractivity contribution is 7.99. The standard InChI is InChI=1S/C14H15F3N4OS/c1-3-11-19-20-13(21(11)2)23-8-12(22)18-10-7-5-4-6-9(10)14(15,16)17/h4-7H,3,8H2,1-2H3,(H,18,22). The van der Waals surface area contributed by atoms with E-state index in [1.165, 1.54) is 18.2 Å². The molecule has 9 heteroatoms. The van der Waals surface area contributed by atoms with Crippen molar-refractivity contribution in [3.8, 4) is 0 Å². The van der Waals surface area contributed by atoms with E-state index in [0.29, 0.717) is 11.6 Å². The summed E-state index contributed by atoms with van der Waals surface area (Å²) in [5.74, 6) is 0.185. The quantitative estimate of drug-likeness (QED) is 0.847. The van der Waals surface area contributed by atoms with Gasteiger partial charge in [-0.25, -0.2) is 0 Å². The molecule has 0 aliphatic rings. The minimum Gasteiger partial charge on any atom is -0.325 e. The second-order valence-corrected chi connectivity index (χ2v) is 5.63. The Morgan fingerprint density at radius 2 is 2.00 bits per heavy atom. The first-order valence-electron chi connectivity index (χ1n) is 6.80. The fourth-order valence-corrected chi connectivity index (χ4v) is 2.66. The molecule has 0 aliphatic carbocycles. The summed E-state index contributed by atoms with van der Waals surface area (Å²) in [6.45, 7) is 1.93. The van der Waals surface area contributed by atoms with E-state index in [9.17, 15) is 18.0 Å². The summed E-state index contributed by atoms with van der Waals surface area (Å²) in [4.78, 5) is 11.9. The zero-order valence-electron chi connectivity index (χ0n) is 12.5. The van der Waals surface area contributed by atoms with Crippen LogP contribution in [0.5, 0.6) is 0 Å². The van der Waals surface area contributed by atoms with Crippen LogP contribution in [0, 0.1) is 0 Å². The largest absolute Gasteiger partial charge is 0.418 e. The van der Waals surface area contributed by atoms with Gasteiger partial charge in [0.2, 0.25) is 5.91 Å². The number of hydrogen-bond donors (Lipinski definition) is 1. The van der Waals surface area contributed by atoms with Crippen molar-refractivity contribution in [2.45, 2.75) is 24.7 Å². The Labute approximate surface area is 135 Å². The minimum atomic E-state index is -4.52. The van der Waals surface area contributed by atoms with Gasteiger partial charge in [-0.05, 0) is 12.1 Å². The Morgan fingerprint density at radius 3 is 2.61 bits per heavy atom. The Kier molecular flexibility index (Phi) is 5.30. The molecule has 0 spiro atoms. The van der Waals surface area contributed by atoms with Crippen LogP contribution in [0.1, 0.15) is 18.3 Å². The zero-order chi connectivity index (χ0) is 17.0. The smallest absolute Gasteiger partial charge is 0.325 e. The number of nitrogens with one attached hydrogen (secondary N) is 1. The Balaban J connectivity index is 2.02. The van der Waals surface area contributed by atoms with Gasteiger partial charge < -0.3 is 9.88 Å². The van der Waals surface area contributed by atoms with E-state index >= 15 is 0 Å². The average Bonchev–Trinajstić information content (AvgIpc) is 2.85. The number of aryl methyl sites for hydroxylation is 1. The number of aromatic nitrogens is 3. The maximum absolute atomic E-state index is 12.9. The maximum Gasteiger partial charge on any atom is 0.418 e. The monoisotopic (exact) mass is 344 g/mol. The van der Waals surface area contributed by atoms with E-state index in [0.717, 1.165) is 23.7 Å². The van der Waals surface area contributed by atoms with Crippen molar-refractivity contribution in [1.82, 2.24) is 14.8 Å². The molecule has 1 N–H and O–H groups in total. The molecule has 0 atom stereocenters. The lowest BCUT2D eigenvalue weighted by atomic mass is 10.1.